The van der Waals surface area contributed by atoms with Crippen molar-refractivity contribution in [3.05, 3.63) is 29.3 Å². The highest BCUT2D eigenvalue weighted by atomic mass is 16.5. The van der Waals surface area contributed by atoms with E-state index < -0.39 is 0 Å². The first-order chi connectivity index (χ1) is 8.77. The number of hydrogen-bond acceptors (Lipinski definition) is 3. The molecule has 0 radical (unpaired) electrons. The standard InChI is InChI=1S/C15H23NO2/c1-18-10-6-4-2-3-5-7-13-11-15(16)9-8-14(13)12-17/h8-9,11-12H,2-7,10,16H2,1H3. The van der Waals surface area contributed by atoms with Crippen LogP contribution in [-0.4, -0.2) is 20.0 Å². The molecule has 0 saturated heterocycles. The average molecular weight is 249 g/mol. The van der Waals surface area contributed by atoms with Gasteiger partial charge in [-0.2, -0.15) is 0 Å². The minimum Gasteiger partial charge on any atom is -0.399 e. The van der Waals surface area contributed by atoms with E-state index >= 15 is 0 Å². The zero-order chi connectivity index (χ0) is 13.2. The summed E-state index contributed by atoms with van der Waals surface area (Å²) < 4.78 is 5.01. The molecule has 0 aromatic heterocycles. The predicted molar refractivity (Wildman–Crippen MR) is 74.9 cm³/mol. The molecule has 0 unspecified atom stereocenters. The van der Waals surface area contributed by atoms with Crippen LogP contribution >= 0.6 is 0 Å². The highest BCUT2D eigenvalue weighted by Gasteiger charge is 2.02. The molecule has 18 heavy (non-hydrogen) atoms. The van der Waals surface area contributed by atoms with E-state index in [-0.39, 0.29) is 0 Å². The number of aryl methyl sites for hydroxylation is 1. The van der Waals surface area contributed by atoms with Crippen LogP contribution in [0.2, 0.25) is 0 Å². The maximum absolute atomic E-state index is 10.9. The van der Waals surface area contributed by atoms with Gasteiger partial charge in [0.2, 0.25) is 0 Å². The molecule has 0 fully saturated rings. The Hall–Kier alpha value is -1.35. The number of nitrogen functional groups attached to an aromatic ring is 1. The summed E-state index contributed by atoms with van der Waals surface area (Å²) in [4.78, 5) is 10.9. The van der Waals surface area contributed by atoms with E-state index in [0.29, 0.717) is 0 Å². The van der Waals surface area contributed by atoms with Gasteiger partial charge in [0.1, 0.15) is 6.29 Å². The van der Waals surface area contributed by atoms with Crippen LogP contribution in [0.4, 0.5) is 5.69 Å². The largest absolute Gasteiger partial charge is 0.399 e. The van der Waals surface area contributed by atoms with E-state index in [1.54, 1.807) is 19.2 Å². The normalized spacial score (nSPS) is 10.5. The zero-order valence-electron chi connectivity index (χ0n) is 11.2. The van der Waals surface area contributed by atoms with Crippen LogP contribution < -0.4 is 5.73 Å². The molecule has 0 aliphatic carbocycles. The Labute approximate surface area is 109 Å². The fourth-order valence-corrected chi connectivity index (χ4v) is 2.05. The third kappa shape index (κ3) is 5.32. The van der Waals surface area contributed by atoms with E-state index in [2.05, 4.69) is 0 Å². The number of benzene rings is 1. The Kier molecular flexibility index (Phi) is 7.11. The number of nitrogens with two attached hydrogens (primary N) is 1. The summed E-state index contributed by atoms with van der Waals surface area (Å²) >= 11 is 0. The first kappa shape index (κ1) is 14.7. The van der Waals surface area contributed by atoms with Crippen LogP contribution in [0.15, 0.2) is 18.2 Å². The number of unbranched alkanes of at least 4 members (excludes halogenated alkanes) is 4. The second-order valence-corrected chi connectivity index (χ2v) is 4.59. The van der Waals surface area contributed by atoms with E-state index in [1.165, 1.54) is 19.3 Å². The molecule has 0 heterocycles. The van der Waals surface area contributed by atoms with Crippen molar-refractivity contribution >= 4 is 12.0 Å². The second-order valence-electron chi connectivity index (χ2n) is 4.59. The van der Waals surface area contributed by atoms with E-state index in [9.17, 15) is 4.79 Å². The van der Waals surface area contributed by atoms with Crippen molar-refractivity contribution in [3.63, 3.8) is 0 Å². The molecule has 0 aliphatic rings. The molecule has 0 atom stereocenters. The van der Waals surface area contributed by atoms with Gasteiger partial charge in [-0.15, -0.1) is 0 Å². The Morgan fingerprint density at radius 2 is 1.89 bits per heavy atom. The summed E-state index contributed by atoms with van der Waals surface area (Å²) in [6.45, 7) is 0.852. The Bertz CT molecular complexity index is 364. The molecule has 0 aliphatic heterocycles. The van der Waals surface area contributed by atoms with Gasteiger partial charge in [-0.1, -0.05) is 19.3 Å². The van der Waals surface area contributed by atoms with Crippen molar-refractivity contribution in [2.45, 2.75) is 38.5 Å². The minimum absolute atomic E-state index is 0.732. The SMILES string of the molecule is COCCCCCCCc1cc(N)ccc1C=O. The van der Waals surface area contributed by atoms with Gasteiger partial charge in [-0.25, -0.2) is 0 Å². The predicted octanol–water partition coefficient (Wildman–Crippen LogP) is 3.22. The van der Waals surface area contributed by atoms with Gasteiger partial charge in [0.05, 0.1) is 0 Å². The first-order valence-electron chi connectivity index (χ1n) is 6.60. The van der Waals surface area contributed by atoms with E-state index in [1.807, 2.05) is 6.07 Å². The van der Waals surface area contributed by atoms with E-state index in [0.717, 1.165) is 49.0 Å². The lowest BCUT2D eigenvalue weighted by atomic mass is 10.0. The first-order valence-corrected chi connectivity index (χ1v) is 6.60. The smallest absolute Gasteiger partial charge is 0.150 e. The number of aldehydes is 1. The quantitative estimate of drug-likeness (QED) is 0.415. The van der Waals surface area contributed by atoms with Crippen molar-refractivity contribution in [2.75, 3.05) is 19.5 Å². The molecule has 1 aromatic rings. The van der Waals surface area contributed by atoms with Gasteiger partial charge in [-0.3, -0.25) is 4.79 Å². The molecule has 0 spiro atoms. The fraction of sp³-hybridized carbons (Fsp3) is 0.533. The second kappa shape index (κ2) is 8.70. The zero-order valence-corrected chi connectivity index (χ0v) is 11.2. The van der Waals surface area contributed by atoms with Crippen LogP contribution in [0.3, 0.4) is 0 Å². The summed E-state index contributed by atoms with van der Waals surface area (Å²) in [6, 6.07) is 5.49. The van der Waals surface area contributed by atoms with Crippen molar-refractivity contribution < 1.29 is 9.53 Å². The number of hydrogen-bond donors (Lipinski definition) is 1. The third-order valence-electron chi connectivity index (χ3n) is 3.09. The molecule has 100 valence electrons. The van der Waals surface area contributed by atoms with Gasteiger partial charge < -0.3 is 10.5 Å². The van der Waals surface area contributed by atoms with Crippen LogP contribution in [0.5, 0.6) is 0 Å². The molecule has 1 rings (SSSR count). The van der Waals surface area contributed by atoms with Crippen LogP contribution in [0.25, 0.3) is 0 Å². The lowest BCUT2D eigenvalue weighted by Crippen LogP contribution is -1.96. The fourth-order valence-electron chi connectivity index (χ4n) is 2.05. The van der Waals surface area contributed by atoms with E-state index in [4.69, 9.17) is 10.5 Å². The summed E-state index contributed by atoms with van der Waals surface area (Å²) in [5.74, 6) is 0. The molecular weight excluding hydrogens is 226 g/mol. The average Bonchev–Trinajstić information content (AvgIpc) is 2.38. The van der Waals surface area contributed by atoms with Crippen LogP contribution in [-0.2, 0) is 11.2 Å². The van der Waals surface area contributed by atoms with Crippen LogP contribution in [0, 0.1) is 0 Å². The maximum atomic E-state index is 10.9. The monoisotopic (exact) mass is 249 g/mol. The number of carbonyl (C=O) groups is 1. The lowest BCUT2D eigenvalue weighted by Gasteiger charge is -2.06. The van der Waals surface area contributed by atoms with Gasteiger partial charge in [0.15, 0.2) is 0 Å². The van der Waals surface area contributed by atoms with Gasteiger partial charge in [0.25, 0.3) is 0 Å². The topological polar surface area (TPSA) is 52.3 Å². The molecule has 3 nitrogen and oxygen atoms in total. The van der Waals surface area contributed by atoms with Crippen molar-refractivity contribution in [2.24, 2.45) is 0 Å². The molecule has 3 heteroatoms. The highest BCUT2D eigenvalue weighted by molar-refractivity contribution is 5.78. The number of methoxy groups -OCH3 is 1. The highest BCUT2D eigenvalue weighted by Crippen LogP contribution is 2.15. The Balaban J connectivity index is 2.26. The summed E-state index contributed by atoms with van der Waals surface area (Å²) in [7, 11) is 1.74. The van der Waals surface area contributed by atoms with Gasteiger partial charge in [0, 0.05) is 25.0 Å². The number of rotatable bonds is 9. The minimum atomic E-state index is 0.732. The molecule has 0 bridgehead atoms. The third-order valence-corrected chi connectivity index (χ3v) is 3.09. The molecule has 0 amide bonds. The summed E-state index contributed by atoms with van der Waals surface area (Å²) in [5.41, 5.74) is 8.31. The molecular formula is C15H23NO2. The van der Waals surface area contributed by atoms with Crippen molar-refractivity contribution in [1.82, 2.24) is 0 Å². The van der Waals surface area contributed by atoms with Gasteiger partial charge >= 0.3 is 0 Å². The van der Waals surface area contributed by atoms with Gasteiger partial charge in [-0.05, 0) is 43.0 Å². The molecule has 1 aromatic carbocycles. The summed E-state index contributed by atoms with van der Waals surface area (Å²) in [6.07, 6.45) is 7.71. The Morgan fingerprint density at radius 1 is 1.17 bits per heavy atom. The molecule has 0 saturated carbocycles. The van der Waals surface area contributed by atoms with Crippen LogP contribution in [0.1, 0.15) is 48.0 Å². The lowest BCUT2D eigenvalue weighted by molar-refractivity contribution is 0.112. The molecule has 2 N–H and O–H groups in total. The van der Waals surface area contributed by atoms with Crippen molar-refractivity contribution in [3.8, 4) is 0 Å². The summed E-state index contributed by atoms with van der Waals surface area (Å²) in [5, 5.41) is 0. The number of ether oxygens (including phenoxy) is 1. The number of carbonyl (C=O) groups excluding carboxylic acids is 1. The van der Waals surface area contributed by atoms with Crippen molar-refractivity contribution in [1.29, 1.82) is 0 Å². The maximum Gasteiger partial charge on any atom is 0.150 e. The Morgan fingerprint density at radius 3 is 2.61 bits per heavy atom. The number of anilines is 1.